The van der Waals surface area contributed by atoms with E-state index in [9.17, 15) is 14.4 Å². The van der Waals surface area contributed by atoms with Crippen molar-refractivity contribution < 1.29 is 19.1 Å². The fourth-order valence-electron chi connectivity index (χ4n) is 3.80. The lowest BCUT2D eigenvalue weighted by molar-refractivity contribution is 0.0857. The van der Waals surface area contributed by atoms with Crippen LogP contribution in [0.25, 0.3) is 0 Å². The van der Waals surface area contributed by atoms with Crippen molar-refractivity contribution in [1.29, 1.82) is 0 Å². The van der Waals surface area contributed by atoms with Gasteiger partial charge in [0.1, 0.15) is 0 Å². The third-order valence-corrected chi connectivity index (χ3v) is 5.46. The minimum atomic E-state index is -0.293. The van der Waals surface area contributed by atoms with Crippen molar-refractivity contribution in [3.05, 3.63) is 35.4 Å². The second-order valence-electron chi connectivity index (χ2n) is 7.47. The molecule has 3 rings (SSSR count). The van der Waals surface area contributed by atoms with Crippen molar-refractivity contribution in [3.63, 3.8) is 0 Å². The van der Waals surface area contributed by atoms with Crippen molar-refractivity contribution in [2.75, 3.05) is 19.7 Å². The van der Waals surface area contributed by atoms with E-state index in [1.807, 2.05) is 0 Å². The number of nitrogens with zero attached hydrogens (tertiary/aromatic N) is 1. The predicted molar refractivity (Wildman–Crippen MR) is 105 cm³/mol. The topological polar surface area (TPSA) is 87.7 Å². The number of amides is 3. The molecule has 1 heterocycles. The zero-order chi connectivity index (χ0) is 19.9. The maximum absolute atomic E-state index is 12.5. The second kappa shape index (κ2) is 9.57. The Labute approximate surface area is 165 Å². The van der Waals surface area contributed by atoms with Crippen molar-refractivity contribution >= 4 is 17.9 Å². The summed E-state index contributed by atoms with van der Waals surface area (Å²) >= 11 is 0. The van der Waals surface area contributed by atoms with E-state index in [4.69, 9.17) is 4.74 Å². The van der Waals surface area contributed by atoms with Crippen LogP contribution in [0.4, 0.5) is 4.79 Å². The molecule has 0 spiro atoms. The Hall–Kier alpha value is -2.57. The lowest BCUT2D eigenvalue weighted by Crippen LogP contribution is -2.46. The van der Waals surface area contributed by atoms with Crippen molar-refractivity contribution in [2.24, 2.45) is 0 Å². The van der Waals surface area contributed by atoms with Crippen molar-refractivity contribution in [2.45, 2.75) is 57.5 Å². The van der Waals surface area contributed by atoms with Crippen LogP contribution in [0.2, 0.25) is 0 Å². The first kappa shape index (κ1) is 20.2. The molecule has 1 aliphatic carbocycles. The molecule has 1 saturated heterocycles. The van der Waals surface area contributed by atoms with E-state index in [0.717, 1.165) is 12.8 Å². The number of carbonyl (C=O) groups is 3. The normalized spacial score (nSPS) is 18.0. The molecule has 0 bridgehead atoms. The summed E-state index contributed by atoms with van der Waals surface area (Å²) in [6, 6.07) is 7.07. The summed E-state index contributed by atoms with van der Waals surface area (Å²) in [5.41, 5.74) is 1.11. The Balaban J connectivity index is 1.47. The van der Waals surface area contributed by atoms with E-state index in [1.54, 1.807) is 36.1 Å². The number of nitrogens with one attached hydrogen (secondary N) is 2. The van der Waals surface area contributed by atoms with E-state index in [2.05, 4.69) is 10.6 Å². The average Bonchev–Trinajstić information content (AvgIpc) is 3.22. The van der Waals surface area contributed by atoms with Gasteiger partial charge in [0, 0.05) is 36.3 Å². The van der Waals surface area contributed by atoms with E-state index in [-0.39, 0.29) is 30.0 Å². The quantitative estimate of drug-likeness (QED) is 0.813. The number of rotatable bonds is 5. The minimum absolute atomic E-state index is 0.0310. The van der Waals surface area contributed by atoms with Gasteiger partial charge >= 0.3 is 6.09 Å². The van der Waals surface area contributed by atoms with Gasteiger partial charge in [-0.1, -0.05) is 12.8 Å². The first-order valence-electron chi connectivity index (χ1n) is 10.2. The Bertz CT molecular complexity index is 690. The summed E-state index contributed by atoms with van der Waals surface area (Å²) < 4.78 is 5.01. The van der Waals surface area contributed by atoms with Gasteiger partial charge < -0.3 is 20.3 Å². The molecular weight excluding hydrogens is 358 g/mol. The van der Waals surface area contributed by atoms with Crippen LogP contribution in [-0.4, -0.2) is 54.6 Å². The monoisotopic (exact) mass is 387 g/mol. The fraction of sp³-hybridized carbons (Fsp3) is 0.571. The number of hydrogen-bond donors (Lipinski definition) is 2. The first-order chi connectivity index (χ1) is 13.6. The molecule has 0 radical (unpaired) electrons. The molecule has 2 fully saturated rings. The maximum Gasteiger partial charge on any atom is 0.409 e. The summed E-state index contributed by atoms with van der Waals surface area (Å²) in [5.74, 6) is -0.234. The highest BCUT2D eigenvalue weighted by molar-refractivity contribution is 5.98. The van der Waals surface area contributed by atoms with Gasteiger partial charge in [-0.05, 0) is 56.9 Å². The Kier molecular flexibility index (Phi) is 6.90. The Morgan fingerprint density at radius 1 is 0.893 bits per heavy atom. The Morgan fingerprint density at radius 3 is 1.82 bits per heavy atom. The molecule has 28 heavy (non-hydrogen) atoms. The molecular formula is C21H29N3O4. The molecule has 152 valence electrons. The fourth-order valence-corrected chi connectivity index (χ4v) is 3.80. The number of ether oxygens (including phenoxy) is 1. The minimum Gasteiger partial charge on any atom is -0.450 e. The number of likely N-dealkylation sites (tertiary alicyclic amines) is 1. The molecule has 2 aliphatic rings. The van der Waals surface area contributed by atoms with Crippen LogP contribution in [0, 0.1) is 0 Å². The molecule has 2 N–H and O–H groups in total. The molecule has 1 aromatic carbocycles. The highest BCUT2D eigenvalue weighted by atomic mass is 16.6. The van der Waals surface area contributed by atoms with Crippen molar-refractivity contribution in [3.8, 4) is 0 Å². The molecule has 1 saturated carbocycles. The zero-order valence-electron chi connectivity index (χ0n) is 16.4. The smallest absolute Gasteiger partial charge is 0.409 e. The molecule has 7 heteroatoms. The van der Waals surface area contributed by atoms with Gasteiger partial charge in [0.25, 0.3) is 11.8 Å². The number of piperidine rings is 1. The molecule has 0 atom stereocenters. The predicted octanol–water partition coefficient (Wildman–Crippen LogP) is 2.71. The average molecular weight is 387 g/mol. The summed E-state index contributed by atoms with van der Waals surface area (Å²) in [6.07, 6.45) is 5.53. The van der Waals surface area contributed by atoms with E-state index in [0.29, 0.717) is 43.7 Å². The summed E-state index contributed by atoms with van der Waals surface area (Å²) in [4.78, 5) is 38.1. The van der Waals surface area contributed by atoms with Gasteiger partial charge in [-0.25, -0.2) is 4.79 Å². The van der Waals surface area contributed by atoms with Gasteiger partial charge in [0.2, 0.25) is 0 Å². The van der Waals surface area contributed by atoms with Gasteiger partial charge in [0.15, 0.2) is 0 Å². The van der Waals surface area contributed by atoms with Crippen LogP contribution in [-0.2, 0) is 4.74 Å². The largest absolute Gasteiger partial charge is 0.450 e. The number of carbonyl (C=O) groups excluding carboxylic acids is 3. The van der Waals surface area contributed by atoms with Crippen LogP contribution in [0.5, 0.6) is 0 Å². The number of hydrogen-bond acceptors (Lipinski definition) is 4. The first-order valence-corrected chi connectivity index (χ1v) is 10.2. The molecule has 1 aliphatic heterocycles. The van der Waals surface area contributed by atoms with Crippen molar-refractivity contribution in [1.82, 2.24) is 15.5 Å². The van der Waals surface area contributed by atoms with Gasteiger partial charge in [0.05, 0.1) is 6.61 Å². The lowest BCUT2D eigenvalue weighted by Gasteiger charge is -2.31. The molecule has 0 aromatic heterocycles. The third-order valence-electron chi connectivity index (χ3n) is 5.46. The molecule has 1 aromatic rings. The summed E-state index contributed by atoms with van der Waals surface area (Å²) in [7, 11) is 0. The Morgan fingerprint density at radius 2 is 1.36 bits per heavy atom. The van der Waals surface area contributed by atoms with E-state index in [1.165, 1.54) is 12.8 Å². The highest BCUT2D eigenvalue weighted by Gasteiger charge is 2.25. The molecule has 7 nitrogen and oxygen atoms in total. The SMILES string of the molecule is CCOC(=O)N1CCC(NC(=O)c2ccc(C(=O)NC3CCCC3)cc2)CC1. The highest BCUT2D eigenvalue weighted by Crippen LogP contribution is 2.18. The molecule has 0 unspecified atom stereocenters. The molecule has 3 amide bonds. The van der Waals surface area contributed by atoms with E-state index < -0.39 is 0 Å². The standard InChI is InChI=1S/C21H29N3O4/c1-2-28-21(27)24-13-11-18(12-14-24)23-20(26)16-9-7-15(8-10-16)19(25)22-17-5-3-4-6-17/h7-10,17-18H,2-6,11-14H2,1H3,(H,22,25)(H,23,26). The van der Waals surface area contributed by atoms with Gasteiger partial charge in [-0.2, -0.15) is 0 Å². The van der Waals surface area contributed by atoms with E-state index >= 15 is 0 Å². The second-order valence-corrected chi connectivity index (χ2v) is 7.47. The maximum atomic E-state index is 12.5. The van der Waals surface area contributed by atoms with Crippen LogP contribution in [0.15, 0.2) is 24.3 Å². The van der Waals surface area contributed by atoms with Crippen LogP contribution >= 0.6 is 0 Å². The van der Waals surface area contributed by atoms with Gasteiger partial charge in [-0.15, -0.1) is 0 Å². The van der Waals surface area contributed by atoms with Crippen LogP contribution in [0.1, 0.15) is 66.2 Å². The summed E-state index contributed by atoms with van der Waals surface area (Å²) in [6.45, 7) is 3.30. The lowest BCUT2D eigenvalue weighted by atomic mass is 10.0. The van der Waals surface area contributed by atoms with Crippen LogP contribution < -0.4 is 10.6 Å². The van der Waals surface area contributed by atoms with Gasteiger partial charge in [-0.3, -0.25) is 9.59 Å². The third kappa shape index (κ3) is 5.24. The summed E-state index contributed by atoms with van der Waals surface area (Å²) in [5, 5.41) is 6.07. The number of benzene rings is 1. The van der Waals surface area contributed by atoms with Crippen LogP contribution in [0.3, 0.4) is 0 Å². The zero-order valence-corrected chi connectivity index (χ0v) is 16.4.